The molecule has 1 aliphatic carbocycles. The predicted molar refractivity (Wildman–Crippen MR) is 143 cm³/mol. The molecule has 1 fully saturated rings. The van der Waals surface area contributed by atoms with Crippen LogP contribution in [0.15, 0.2) is 60.7 Å². The summed E-state index contributed by atoms with van der Waals surface area (Å²) >= 11 is 0. The molecule has 3 nitrogen and oxygen atoms in total. The van der Waals surface area contributed by atoms with Gasteiger partial charge >= 0.3 is 12.4 Å². The van der Waals surface area contributed by atoms with Crippen molar-refractivity contribution in [1.82, 2.24) is 14.7 Å². The number of benzene rings is 3. The standard InChI is InChI=1S/C31H31F8N3/c1-40(18-21-10-25(30(34,35)36)14-27(32)12-21)20-29(16-23-4-2-3-5-24(23)17-29)42-8-6-41(7-9-42)19-22-11-26(31(37,38)39)15-28(33)13-22/h2-5,10-15H,6-9,16-20H2,1H3. The maximum atomic E-state index is 14.0. The molecule has 1 aliphatic heterocycles. The smallest absolute Gasteiger partial charge is 0.300 e. The van der Waals surface area contributed by atoms with Gasteiger partial charge < -0.3 is 4.90 Å². The molecule has 0 amide bonds. The number of alkyl halides is 6. The van der Waals surface area contributed by atoms with Gasteiger partial charge in [-0.3, -0.25) is 9.80 Å². The fraction of sp³-hybridized carbons (Fsp3) is 0.419. The van der Waals surface area contributed by atoms with Crippen LogP contribution in [0.3, 0.4) is 0 Å². The van der Waals surface area contributed by atoms with Gasteiger partial charge in [0.1, 0.15) is 11.6 Å². The number of likely N-dealkylation sites (N-methyl/N-ethyl adjacent to an activating group) is 1. The zero-order valence-electron chi connectivity index (χ0n) is 23.0. The van der Waals surface area contributed by atoms with Gasteiger partial charge in [-0.15, -0.1) is 0 Å². The molecule has 1 saturated heterocycles. The van der Waals surface area contributed by atoms with Crippen molar-refractivity contribution in [2.45, 2.75) is 43.8 Å². The largest absolute Gasteiger partial charge is 0.416 e. The van der Waals surface area contributed by atoms with Gasteiger partial charge in [0.2, 0.25) is 0 Å². The molecular formula is C31H31F8N3. The van der Waals surface area contributed by atoms with Crippen molar-refractivity contribution in [2.24, 2.45) is 0 Å². The number of nitrogens with zero attached hydrogens (tertiary/aromatic N) is 3. The van der Waals surface area contributed by atoms with Gasteiger partial charge in [0.05, 0.1) is 11.1 Å². The highest BCUT2D eigenvalue weighted by Crippen LogP contribution is 2.37. The van der Waals surface area contributed by atoms with Crippen LogP contribution in [0.1, 0.15) is 33.4 Å². The molecule has 0 atom stereocenters. The summed E-state index contributed by atoms with van der Waals surface area (Å²) in [6.07, 6.45) is -7.83. The summed E-state index contributed by atoms with van der Waals surface area (Å²) in [6.45, 7) is 3.15. The number of piperazine rings is 1. The third-order valence-corrected chi connectivity index (χ3v) is 8.19. The minimum atomic E-state index is -4.65. The van der Waals surface area contributed by atoms with E-state index in [1.807, 2.05) is 21.9 Å². The van der Waals surface area contributed by atoms with Crippen LogP contribution in [-0.4, -0.2) is 60.0 Å². The van der Waals surface area contributed by atoms with Gasteiger partial charge in [0, 0.05) is 51.4 Å². The molecule has 11 heteroatoms. The monoisotopic (exact) mass is 597 g/mol. The van der Waals surface area contributed by atoms with Crippen molar-refractivity contribution in [3.8, 4) is 0 Å². The van der Waals surface area contributed by atoms with Crippen LogP contribution in [0.2, 0.25) is 0 Å². The number of hydrogen-bond donors (Lipinski definition) is 0. The summed E-state index contributed by atoms with van der Waals surface area (Å²) < 4.78 is 107. The van der Waals surface area contributed by atoms with E-state index in [9.17, 15) is 35.1 Å². The molecule has 5 rings (SSSR count). The van der Waals surface area contributed by atoms with E-state index in [-0.39, 0.29) is 29.8 Å². The topological polar surface area (TPSA) is 9.72 Å². The van der Waals surface area contributed by atoms with Crippen molar-refractivity contribution >= 4 is 0 Å². The molecule has 2 aliphatic rings. The molecule has 0 aromatic heterocycles. The van der Waals surface area contributed by atoms with Crippen LogP contribution in [0, 0.1) is 11.6 Å². The van der Waals surface area contributed by atoms with Crippen LogP contribution >= 0.6 is 0 Å². The van der Waals surface area contributed by atoms with E-state index < -0.39 is 35.1 Å². The summed E-state index contributed by atoms with van der Waals surface area (Å²) in [5.74, 6) is -1.86. The van der Waals surface area contributed by atoms with E-state index in [1.165, 1.54) is 11.1 Å². The molecule has 3 aromatic rings. The van der Waals surface area contributed by atoms with Gasteiger partial charge in [-0.25, -0.2) is 8.78 Å². The Kier molecular flexibility index (Phi) is 8.39. The van der Waals surface area contributed by atoms with E-state index in [2.05, 4.69) is 17.0 Å². The van der Waals surface area contributed by atoms with Crippen LogP contribution < -0.4 is 0 Å². The number of rotatable bonds is 7. The second-order valence-electron chi connectivity index (χ2n) is 11.5. The molecule has 3 aromatic carbocycles. The van der Waals surface area contributed by atoms with Gasteiger partial charge in [0.15, 0.2) is 0 Å². The van der Waals surface area contributed by atoms with E-state index in [4.69, 9.17) is 0 Å². The van der Waals surface area contributed by atoms with Gasteiger partial charge in [0.25, 0.3) is 0 Å². The Morgan fingerprint density at radius 1 is 0.714 bits per heavy atom. The van der Waals surface area contributed by atoms with E-state index >= 15 is 0 Å². The second kappa shape index (κ2) is 11.6. The lowest BCUT2D eigenvalue weighted by Crippen LogP contribution is -2.61. The normalized spacial score (nSPS) is 18.0. The summed E-state index contributed by atoms with van der Waals surface area (Å²) in [6, 6.07) is 13.3. The third kappa shape index (κ3) is 6.95. The van der Waals surface area contributed by atoms with E-state index in [1.54, 1.807) is 7.05 Å². The SMILES string of the molecule is CN(Cc1cc(F)cc(C(F)(F)F)c1)CC1(N2CCN(Cc3cc(F)cc(C(F)(F)F)c3)CC2)Cc2ccccc2C1. The Morgan fingerprint density at radius 3 is 1.74 bits per heavy atom. The Morgan fingerprint density at radius 2 is 1.21 bits per heavy atom. The average molecular weight is 598 g/mol. The Labute approximate surface area is 239 Å². The van der Waals surface area contributed by atoms with E-state index in [0.717, 1.165) is 37.1 Å². The molecule has 0 unspecified atom stereocenters. The lowest BCUT2D eigenvalue weighted by Gasteiger charge is -2.47. The molecule has 0 radical (unpaired) electrons. The molecule has 0 spiro atoms. The lowest BCUT2D eigenvalue weighted by molar-refractivity contribution is -0.138. The first-order chi connectivity index (χ1) is 19.7. The maximum Gasteiger partial charge on any atom is 0.416 e. The third-order valence-electron chi connectivity index (χ3n) is 8.19. The highest BCUT2D eigenvalue weighted by atomic mass is 19.4. The number of hydrogen-bond acceptors (Lipinski definition) is 3. The summed E-state index contributed by atoms with van der Waals surface area (Å²) in [7, 11) is 1.81. The Hall–Kier alpha value is -3.02. The van der Waals surface area contributed by atoms with Crippen LogP contribution in [-0.2, 0) is 38.3 Å². The average Bonchev–Trinajstić information content (AvgIpc) is 3.26. The first-order valence-electron chi connectivity index (χ1n) is 13.7. The maximum absolute atomic E-state index is 14.0. The minimum absolute atomic E-state index is 0.125. The van der Waals surface area contributed by atoms with Crippen molar-refractivity contribution in [1.29, 1.82) is 0 Å². The second-order valence-corrected chi connectivity index (χ2v) is 11.5. The minimum Gasteiger partial charge on any atom is -0.300 e. The van der Waals surface area contributed by atoms with Crippen molar-refractivity contribution in [2.75, 3.05) is 39.8 Å². The first kappa shape index (κ1) is 30.4. The predicted octanol–water partition coefficient (Wildman–Crippen LogP) is 6.79. The highest BCUT2D eigenvalue weighted by molar-refractivity contribution is 5.37. The Balaban J connectivity index is 1.30. The van der Waals surface area contributed by atoms with Crippen molar-refractivity contribution < 1.29 is 35.1 Å². The lowest BCUT2D eigenvalue weighted by atomic mass is 9.91. The van der Waals surface area contributed by atoms with E-state index in [0.29, 0.717) is 44.9 Å². The molecule has 42 heavy (non-hydrogen) atoms. The fourth-order valence-electron chi connectivity index (χ4n) is 6.43. The highest BCUT2D eigenvalue weighted by Gasteiger charge is 2.44. The number of fused-ring (bicyclic) bond motifs is 1. The molecule has 0 saturated carbocycles. The summed E-state index contributed by atoms with van der Waals surface area (Å²) in [5, 5.41) is 0. The van der Waals surface area contributed by atoms with Gasteiger partial charge in [-0.05, 0) is 78.5 Å². The molecule has 0 N–H and O–H groups in total. The number of halogens is 8. The molecular weight excluding hydrogens is 566 g/mol. The van der Waals surface area contributed by atoms with Crippen LogP contribution in [0.5, 0.6) is 0 Å². The molecule has 0 bridgehead atoms. The fourth-order valence-corrected chi connectivity index (χ4v) is 6.43. The van der Waals surface area contributed by atoms with Crippen molar-refractivity contribution in [3.05, 3.63) is 106 Å². The first-order valence-corrected chi connectivity index (χ1v) is 13.7. The summed E-state index contributed by atoms with van der Waals surface area (Å²) in [5.41, 5.74) is 0.469. The van der Waals surface area contributed by atoms with Gasteiger partial charge in [-0.1, -0.05) is 24.3 Å². The quantitative estimate of drug-likeness (QED) is 0.278. The zero-order chi connectivity index (χ0) is 30.3. The van der Waals surface area contributed by atoms with Crippen LogP contribution in [0.25, 0.3) is 0 Å². The van der Waals surface area contributed by atoms with Crippen molar-refractivity contribution in [3.63, 3.8) is 0 Å². The molecule has 1 heterocycles. The zero-order valence-corrected chi connectivity index (χ0v) is 23.0. The van der Waals surface area contributed by atoms with Crippen LogP contribution in [0.4, 0.5) is 35.1 Å². The van der Waals surface area contributed by atoms with Gasteiger partial charge in [-0.2, -0.15) is 26.3 Å². The summed E-state index contributed by atoms with van der Waals surface area (Å²) in [4.78, 5) is 6.26. The molecule has 226 valence electrons. The Bertz CT molecular complexity index is 1390.